The summed E-state index contributed by atoms with van der Waals surface area (Å²) in [6.07, 6.45) is 1.58. The predicted molar refractivity (Wildman–Crippen MR) is 55.5 cm³/mol. The summed E-state index contributed by atoms with van der Waals surface area (Å²) in [6.45, 7) is 6.13. The maximum atomic E-state index is 11.1. The van der Waals surface area contributed by atoms with E-state index in [1.165, 1.54) is 0 Å². The number of halogens is 1. The molecule has 1 unspecified atom stereocenters. The Morgan fingerprint density at radius 1 is 1.50 bits per heavy atom. The number of alkyl halides is 1. The minimum Gasteiger partial charge on any atom is -0.353 e. The highest BCUT2D eigenvalue weighted by Gasteiger charge is 2.13. The van der Waals surface area contributed by atoms with Crippen LogP contribution in [-0.2, 0) is 4.79 Å². The molecular weight excluding hydrogens is 218 g/mol. The Balaban J connectivity index is 3.86. The predicted octanol–water partition coefficient (Wildman–Crippen LogP) is 2.32. The highest BCUT2D eigenvalue weighted by atomic mass is 79.9. The Morgan fingerprint density at radius 3 is 2.42 bits per heavy atom. The summed E-state index contributed by atoms with van der Waals surface area (Å²) < 4.78 is 0. The number of hydrogen-bond acceptors (Lipinski definition) is 1. The van der Waals surface area contributed by atoms with Crippen molar-refractivity contribution in [3.8, 4) is 0 Å². The van der Waals surface area contributed by atoms with Crippen molar-refractivity contribution < 1.29 is 4.79 Å². The van der Waals surface area contributed by atoms with E-state index in [0.717, 1.165) is 11.8 Å². The molecule has 0 aliphatic heterocycles. The molecule has 0 aromatic heterocycles. The number of carbonyl (C=O) groups is 1. The average molecular weight is 236 g/mol. The zero-order valence-electron chi connectivity index (χ0n) is 8.06. The van der Waals surface area contributed by atoms with E-state index in [-0.39, 0.29) is 5.91 Å². The first-order valence-electron chi connectivity index (χ1n) is 4.47. The molecule has 0 aromatic carbocycles. The van der Waals surface area contributed by atoms with Crippen molar-refractivity contribution in [3.05, 3.63) is 0 Å². The van der Waals surface area contributed by atoms with Crippen molar-refractivity contribution in [3.63, 3.8) is 0 Å². The van der Waals surface area contributed by atoms with E-state index in [2.05, 4.69) is 35.1 Å². The monoisotopic (exact) mass is 235 g/mol. The van der Waals surface area contributed by atoms with Gasteiger partial charge >= 0.3 is 0 Å². The van der Waals surface area contributed by atoms with Gasteiger partial charge in [0.05, 0.1) is 0 Å². The molecule has 1 amide bonds. The molecule has 0 bridgehead atoms. The van der Waals surface area contributed by atoms with Crippen molar-refractivity contribution >= 4 is 21.8 Å². The summed E-state index contributed by atoms with van der Waals surface area (Å²) in [7, 11) is 0. The van der Waals surface area contributed by atoms with E-state index < -0.39 is 0 Å². The molecule has 0 saturated carbocycles. The second kappa shape index (κ2) is 6.46. The summed E-state index contributed by atoms with van der Waals surface area (Å²) in [4.78, 5) is 11.1. The first-order chi connectivity index (χ1) is 5.61. The topological polar surface area (TPSA) is 29.1 Å². The maximum absolute atomic E-state index is 11.1. The summed E-state index contributed by atoms with van der Waals surface area (Å²) in [5.74, 6) is 0.660. The van der Waals surface area contributed by atoms with Crippen molar-refractivity contribution in [2.24, 2.45) is 5.92 Å². The highest BCUT2D eigenvalue weighted by molar-refractivity contribution is 9.09. The fourth-order valence-electron chi connectivity index (χ4n) is 0.999. The van der Waals surface area contributed by atoms with Crippen molar-refractivity contribution in [1.29, 1.82) is 0 Å². The molecule has 72 valence electrons. The van der Waals surface area contributed by atoms with Gasteiger partial charge in [0.2, 0.25) is 5.91 Å². The Kier molecular flexibility index (Phi) is 6.44. The molecule has 0 aliphatic rings. The van der Waals surface area contributed by atoms with E-state index in [4.69, 9.17) is 0 Å². The lowest BCUT2D eigenvalue weighted by molar-refractivity contribution is -0.121. The lowest BCUT2D eigenvalue weighted by Crippen LogP contribution is -2.38. The second-order valence-corrected chi connectivity index (χ2v) is 4.04. The SMILES string of the molecule is CCC(=O)NC(CCBr)C(C)C. The number of nitrogens with one attached hydrogen (secondary N) is 1. The van der Waals surface area contributed by atoms with Gasteiger partial charge in [-0.1, -0.05) is 36.7 Å². The molecule has 12 heavy (non-hydrogen) atoms. The molecule has 0 rings (SSSR count). The van der Waals surface area contributed by atoms with E-state index in [0.29, 0.717) is 18.4 Å². The third kappa shape index (κ3) is 4.75. The summed E-state index contributed by atoms with van der Waals surface area (Å²) in [5.41, 5.74) is 0. The third-order valence-electron chi connectivity index (χ3n) is 1.89. The van der Waals surface area contributed by atoms with Gasteiger partial charge in [-0.15, -0.1) is 0 Å². The normalized spacial score (nSPS) is 13.1. The van der Waals surface area contributed by atoms with Crippen molar-refractivity contribution in [1.82, 2.24) is 5.32 Å². The van der Waals surface area contributed by atoms with Gasteiger partial charge in [-0.2, -0.15) is 0 Å². The minimum atomic E-state index is 0.148. The molecule has 0 radical (unpaired) electrons. The number of rotatable bonds is 5. The minimum absolute atomic E-state index is 0.148. The van der Waals surface area contributed by atoms with Crippen LogP contribution >= 0.6 is 15.9 Å². The molecule has 0 aliphatic carbocycles. The van der Waals surface area contributed by atoms with E-state index >= 15 is 0 Å². The zero-order valence-corrected chi connectivity index (χ0v) is 9.65. The largest absolute Gasteiger partial charge is 0.353 e. The average Bonchev–Trinajstić information content (AvgIpc) is 2.03. The van der Waals surface area contributed by atoms with Gasteiger partial charge in [-0.3, -0.25) is 4.79 Å². The van der Waals surface area contributed by atoms with Gasteiger partial charge in [0, 0.05) is 17.8 Å². The lowest BCUT2D eigenvalue weighted by atomic mass is 10.0. The molecule has 1 N–H and O–H groups in total. The van der Waals surface area contributed by atoms with Gasteiger partial charge in [-0.05, 0) is 12.3 Å². The fourth-order valence-corrected chi connectivity index (χ4v) is 1.49. The Labute approximate surface area is 83.2 Å². The van der Waals surface area contributed by atoms with Gasteiger partial charge in [-0.25, -0.2) is 0 Å². The van der Waals surface area contributed by atoms with Crippen molar-refractivity contribution in [2.45, 2.75) is 39.7 Å². The van der Waals surface area contributed by atoms with E-state index in [1.807, 2.05) is 6.92 Å². The van der Waals surface area contributed by atoms with E-state index in [9.17, 15) is 4.79 Å². The smallest absolute Gasteiger partial charge is 0.219 e. The molecule has 1 atom stereocenters. The number of hydrogen-bond donors (Lipinski definition) is 1. The Morgan fingerprint density at radius 2 is 2.08 bits per heavy atom. The van der Waals surface area contributed by atoms with Gasteiger partial charge in [0.15, 0.2) is 0 Å². The van der Waals surface area contributed by atoms with Crippen LogP contribution in [-0.4, -0.2) is 17.3 Å². The molecule has 0 aromatic rings. The number of carbonyl (C=O) groups excluding carboxylic acids is 1. The molecular formula is C9H18BrNO. The summed E-state index contributed by atoms with van der Waals surface area (Å²) >= 11 is 3.38. The second-order valence-electron chi connectivity index (χ2n) is 3.25. The van der Waals surface area contributed by atoms with E-state index in [1.54, 1.807) is 0 Å². The van der Waals surface area contributed by atoms with Crippen LogP contribution < -0.4 is 5.32 Å². The van der Waals surface area contributed by atoms with Gasteiger partial charge < -0.3 is 5.32 Å². The molecule has 2 nitrogen and oxygen atoms in total. The van der Waals surface area contributed by atoms with Crippen LogP contribution in [0.15, 0.2) is 0 Å². The first-order valence-corrected chi connectivity index (χ1v) is 5.59. The van der Waals surface area contributed by atoms with Crippen LogP contribution in [0.5, 0.6) is 0 Å². The van der Waals surface area contributed by atoms with Crippen molar-refractivity contribution in [2.75, 3.05) is 5.33 Å². The molecule has 0 saturated heterocycles. The molecule has 3 heteroatoms. The van der Waals surface area contributed by atoms with Gasteiger partial charge in [0.1, 0.15) is 0 Å². The molecule has 0 spiro atoms. The summed E-state index contributed by atoms with van der Waals surface area (Å²) in [5, 5.41) is 3.94. The standard InChI is InChI=1S/C9H18BrNO/c1-4-9(12)11-8(5-6-10)7(2)3/h7-8H,4-6H2,1-3H3,(H,11,12). The summed E-state index contributed by atoms with van der Waals surface area (Å²) in [6, 6.07) is 0.317. The van der Waals surface area contributed by atoms with Crippen LogP contribution in [0, 0.1) is 5.92 Å². The fraction of sp³-hybridized carbons (Fsp3) is 0.889. The lowest BCUT2D eigenvalue weighted by Gasteiger charge is -2.20. The molecule has 0 heterocycles. The van der Waals surface area contributed by atoms with Crippen LogP contribution in [0.25, 0.3) is 0 Å². The Bertz CT molecular complexity index is 136. The quantitative estimate of drug-likeness (QED) is 0.729. The highest BCUT2D eigenvalue weighted by Crippen LogP contribution is 2.07. The number of amides is 1. The Hall–Kier alpha value is -0.0500. The van der Waals surface area contributed by atoms with Gasteiger partial charge in [0.25, 0.3) is 0 Å². The van der Waals surface area contributed by atoms with Crippen LogP contribution in [0.1, 0.15) is 33.6 Å². The van der Waals surface area contributed by atoms with Crippen LogP contribution in [0.2, 0.25) is 0 Å². The van der Waals surface area contributed by atoms with Crippen LogP contribution in [0.4, 0.5) is 0 Å². The third-order valence-corrected chi connectivity index (χ3v) is 2.35. The maximum Gasteiger partial charge on any atom is 0.219 e. The zero-order chi connectivity index (χ0) is 9.56. The van der Waals surface area contributed by atoms with Crippen LogP contribution in [0.3, 0.4) is 0 Å². The first kappa shape index (κ1) is 11.9. The molecule has 0 fully saturated rings.